The summed E-state index contributed by atoms with van der Waals surface area (Å²) in [5, 5.41) is 9.70. The van der Waals surface area contributed by atoms with Gasteiger partial charge < -0.3 is 24.1 Å². The molecule has 6 heteroatoms. The first-order valence-electron chi connectivity index (χ1n) is 5.11. The first-order valence-corrected chi connectivity index (χ1v) is 5.11. The average molecular weight is 243 g/mol. The zero-order chi connectivity index (χ0) is 12.7. The summed E-state index contributed by atoms with van der Waals surface area (Å²) in [6.07, 6.45) is 0.768. The highest BCUT2D eigenvalue weighted by atomic mass is 16.7. The lowest BCUT2D eigenvalue weighted by Gasteiger charge is -2.16. The Labute approximate surface area is 100 Å². The first-order chi connectivity index (χ1) is 8.20. The van der Waals surface area contributed by atoms with Crippen LogP contribution in [0.4, 0.5) is 0 Å². The van der Waals surface area contributed by atoms with Crippen molar-refractivity contribution in [3.63, 3.8) is 0 Å². The largest absolute Gasteiger partial charge is 0.467 e. The number of rotatable bonds is 7. The number of ether oxygens (including phenoxy) is 4. The second-order valence-electron chi connectivity index (χ2n) is 3.31. The minimum absolute atomic E-state index is 0.0560. The van der Waals surface area contributed by atoms with Crippen LogP contribution in [0.1, 0.15) is 18.6 Å². The number of aromatic nitrogens is 1. The topological polar surface area (TPSA) is 70.0 Å². The molecule has 1 N–H and O–H groups in total. The van der Waals surface area contributed by atoms with Gasteiger partial charge in [0.2, 0.25) is 5.88 Å². The molecule has 0 unspecified atom stereocenters. The Morgan fingerprint density at radius 3 is 2.47 bits per heavy atom. The Hall–Kier alpha value is -1.37. The minimum Gasteiger partial charge on any atom is -0.467 e. The van der Waals surface area contributed by atoms with Crippen molar-refractivity contribution in [3.8, 4) is 11.6 Å². The van der Waals surface area contributed by atoms with Gasteiger partial charge in [0, 0.05) is 20.4 Å². The van der Waals surface area contributed by atoms with Crippen LogP contribution in [0, 0.1) is 0 Å². The maximum absolute atomic E-state index is 9.70. The average Bonchev–Trinajstić information content (AvgIpc) is 2.33. The third-order valence-electron chi connectivity index (χ3n) is 1.98. The molecule has 0 saturated carbocycles. The molecule has 0 bridgehead atoms. The molecule has 0 radical (unpaired) electrons. The number of aliphatic hydroxyl groups is 1. The van der Waals surface area contributed by atoms with E-state index < -0.39 is 6.10 Å². The van der Waals surface area contributed by atoms with Crippen molar-refractivity contribution in [2.24, 2.45) is 0 Å². The van der Waals surface area contributed by atoms with Crippen molar-refractivity contribution in [3.05, 3.63) is 17.8 Å². The van der Waals surface area contributed by atoms with E-state index in [2.05, 4.69) is 4.98 Å². The molecular formula is C11H17NO5. The van der Waals surface area contributed by atoms with E-state index in [0.717, 1.165) is 0 Å². The van der Waals surface area contributed by atoms with Gasteiger partial charge in [0.05, 0.1) is 11.7 Å². The van der Waals surface area contributed by atoms with Gasteiger partial charge in [0.1, 0.15) is 5.75 Å². The standard InChI is InChI=1S/C11H17NO5/c1-8(13)10-9(16-6-14-2)4-5-12-11(10)17-7-15-3/h4-5,8,13H,6-7H2,1-3H3/t8-/m0/s1. The van der Waals surface area contributed by atoms with Gasteiger partial charge in [-0.3, -0.25) is 0 Å². The second-order valence-corrected chi connectivity index (χ2v) is 3.31. The highest BCUT2D eigenvalue weighted by Gasteiger charge is 2.17. The Kier molecular flexibility index (Phi) is 5.68. The number of aliphatic hydroxyl groups excluding tert-OH is 1. The molecule has 1 heterocycles. The number of hydrogen-bond acceptors (Lipinski definition) is 6. The zero-order valence-electron chi connectivity index (χ0n) is 10.2. The summed E-state index contributed by atoms with van der Waals surface area (Å²) in [7, 11) is 3.03. The summed E-state index contributed by atoms with van der Waals surface area (Å²) in [5.41, 5.74) is 0.474. The van der Waals surface area contributed by atoms with Crippen LogP contribution in [0.15, 0.2) is 12.3 Å². The molecule has 0 aliphatic rings. The molecule has 0 aliphatic heterocycles. The fraction of sp³-hybridized carbons (Fsp3) is 0.545. The van der Waals surface area contributed by atoms with E-state index in [1.54, 1.807) is 13.0 Å². The predicted molar refractivity (Wildman–Crippen MR) is 59.9 cm³/mol. The minimum atomic E-state index is -0.762. The molecule has 1 rings (SSSR count). The molecule has 0 fully saturated rings. The van der Waals surface area contributed by atoms with Crippen molar-refractivity contribution in [2.45, 2.75) is 13.0 Å². The molecule has 1 atom stereocenters. The number of methoxy groups -OCH3 is 2. The van der Waals surface area contributed by atoms with Crippen LogP contribution in [-0.4, -0.2) is 37.9 Å². The fourth-order valence-corrected chi connectivity index (χ4v) is 1.30. The molecule has 17 heavy (non-hydrogen) atoms. The van der Waals surface area contributed by atoms with Crippen molar-refractivity contribution >= 4 is 0 Å². The number of nitrogens with zero attached hydrogens (tertiary/aromatic N) is 1. The van der Waals surface area contributed by atoms with Gasteiger partial charge in [-0.2, -0.15) is 0 Å². The van der Waals surface area contributed by atoms with E-state index in [1.165, 1.54) is 20.4 Å². The van der Waals surface area contributed by atoms with Gasteiger partial charge in [-0.15, -0.1) is 0 Å². The molecule has 0 spiro atoms. The van der Waals surface area contributed by atoms with Crippen molar-refractivity contribution in [1.29, 1.82) is 0 Å². The molecule has 6 nitrogen and oxygen atoms in total. The van der Waals surface area contributed by atoms with Gasteiger partial charge in [-0.25, -0.2) is 4.98 Å². The summed E-state index contributed by atoms with van der Waals surface area (Å²) in [6, 6.07) is 1.64. The maximum Gasteiger partial charge on any atom is 0.225 e. The quantitative estimate of drug-likeness (QED) is 0.723. The highest BCUT2D eigenvalue weighted by Crippen LogP contribution is 2.32. The maximum atomic E-state index is 9.70. The molecule has 0 aromatic carbocycles. The lowest BCUT2D eigenvalue weighted by Crippen LogP contribution is -2.09. The smallest absolute Gasteiger partial charge is 0.225 e. The van der Waals surface area contributed by atoms with Gasteiger partial charge in [-0.1, -0.05) is 0 Å². The molecule has 96 valence electrons. The normalized spacial score (nSPS) is 12.2. The molecule has 1 aromatic heterocycles. The third-order valence-corrected chi connectivity index (χ3v) is 1.98. The van der Waals surface area contributed by atoms with Crippen molar-refractivity contribution in [1.82, 2.24) is 4.98 Å². The Balaban J connectivity index is 2.95. The Morgan fingerprint density at radius 1 is 1.24 bits per heavy atom. The van der Waals surface area contributed by atoms with Gasteiger partial charge in [-0.05, 0) is 13.0 Å². The predicted octanol–water partition coefficient (Wildman–Crippen LogP) is 1.10. The number of pyridine rings is 1. The van der Waals surface area contributed by atoms with Crippen LogP contribution < -0.4 is 9.47 Å². The van der Waals surface area contributed by atoms with E-state index in [0.29, 0.717) is 11.3 Å². The van der Waals surface area contributed by atoms with Crippen LogP contribution in [0.5, 0.6) is 11.6 Å². The zero-order valence-corrected chi connectivity index (χ0v) is 10.2. The van der Waals surface area contributed by atoms with E-state index in [-0.39, 0.29) is 19.5 Å². The fourth-order valence-electron chi connectivity index (χ4n) is 1.30. The Bertz CT molecular complexity index is 316. The Morgan fingerprint density at radius 2 is 1.88 bits per heavy atom. The van der Waals surface area contributed by atoms with Crippen LogP contribution in [0.25, 0.3) is 0 Å². The summed E-state index contributed by atoms with van der Waals surface area (Å²) >= 11 is 0. The van der Waals surface area contributed by atoms with Crippen molar-refractivity contribution in [2.75, 3.05) is 27.8 Å². The molecule has 0 amide bonds. The molecule has 0 saturated heterocycles. The summed E-state index contributed by atoms with van der Waals surface area (Å²) in [6.45, 7) is 1.75. The molecular weight excluding hydrogens is 226 g/mol. The summed E-state index contributed by atoms with van der Waals surface area (Å²) < 4.78 is 20.2. The lowest BCUT2D eigenvalue weighted by atomic mass is 10.1. The third kappa shape index (κ3) is 3.85. The SMILES string of the molecule is COCOc1ccnc(OCOC)c1[C@H](C)O. The van der Waals surface area contributed by atoms with Crippen LogP contribution in [0.2, 0.25) is 0 Å². The summed E-state index contributed by atoms with van der Waals surface area (Å²) in [5.74, 6) is 0.762. The van der Waals surface area contributed by atoms with E-state index in [1.807, 2.05) is 0 Å². The van der Waals surface area contributed by atoms with Crippen molar-refractivity contribution < 1.29 is 24.1 Å². The monoisotopic (exact) mass is 243 g/mol. The van der Waals surface area contributed by atoms with Crippen LogP contribution in [-0.2, 0) is 9.47 Å². The van der Waals surface area contributed by atoms with Gasteiger partial charge >= 0.3 is 0 Å². The highest BCUT2D eigenvalue weighted by molar-refractivity contribution is 5.41. The summed E-state index contributed by atoms with van der Waals surface area (Å²) in [4.78, 5) is 4.02. The van der Waals surface area contributed by atoms with Gasteiger partial charge in [0.15, 0.2) is 13.6 Å². The van der Waals surface area contributed by atoms with E-state index in [4.69, 9.17) is 18.9 Å². The molecule has 1 aromatic rings. The van der Waals surface area contributed by atoms with E-state index in [9.17, 15) is 5.11 Å². The second kappa shape index (κ2) is 7.05. The molecule has 0 aliphatic carbocycles. The van der Waals surface area contributed by atoms with Crippen LogP contribution >= 0.6 is 0 Å². The van der Waals surface area contributed by atoms with E-state index >= 15 is 0 Å². The first kappa shape index (κ1) is 13.7. The van der Waals surface area contributed by atoms with Gasteiger partial charge in [0.25, 0.3) is 0 Å². The lowest BCUT2D eigenvalue weighted by molar-refractivity contribution is 0.0384. The van der Waals surface area contributed by atoms with Crippen LogP contribution in [0.3, 0.4) is 0 Å². The number of hydrogen-bond donors (Lipinski definition) is 1.